The van der Waals surface area contributed by atoms with Crippen molar-refractivity contribution in [3.63, 3.8) is 0 Å². The van der Waals surface area contributed by atoms with Gasteiger partial charge in [0.25, 0.3) is 0 Å². The van der Waals surface area contributed by atoms with E-state index in [1.807, 2.05) is 31.2 Å². The van der Waals surface area contributed by atoms with Gasteiger partial charge in [-0.3, -0.25) is 0 Å². The van der Waals surface area contributed by atoms with Crippen molar-refractivity contribution >= 4 is 35.0 Å². The van der Waals surface area contributed by atoms with Crippen molar-refractivity contribution < 1.29 is 0 Å². The topological polar surface area (TPSA) is 61.4 Å². The molecule has 0 N–H and O–H groups in total. The Morgan fingerprint density at radius 1 is 1.00 bits per heavy atom. The fourth-order valence-electron chi connectivity index (χ4n) is 2.69. The molecule has 6 nitrogen and oxygen atoms in total. The lowest BCUT2D eigenvalue weighted by molar-refractivity contribution is 0.552. The number of aryl methyl sites for hydroxylation is 1. The molecule has 0 unspecified atom stereocenters. The van der Waals surface area contributed by atoms with E-state index in [4.69, 9.17) is 23.2 Å². The second kappa shape index (κ2) is 8.34. The Morgan fingerprint density at radius 3 is 2.43 bits per heavy atom. The molecule has 0 bridgehead atoms. The van der Waals surface area contributed by atoms with Crippen molar-refractivity contribution in [2.45, 2.75) is 24.2 Å². The smallest absolute Gasteiger partial charge is 0.209 e. The minimum atomic E-state index is 0.520. The van der Waals surface area contributed by atoms with Crippen LogP contribution in [-0.2, 0) is 12.3 Å². The molecule has 0 atom stereocenters. The highest BCUT2D eigenvalue weighted by molar-refractivity contribution is 7.98. The molecule has 0 amide bonds. The minimum absolute atomic E-state index is 0.520. The number of para-hydroxylation sites is 1. The summed E-state index contributed by atoms with van der Waals surface area (Å²) < 4.78 is 1.75. The molecule has 0 spiro atoms. The third-order valence-corrected chi connectivity index (χ3v) is 5.82. The fourth-order valence-corrected chi connectivity index (χ4v) is 4.30. The van der Waals surface area contributed by atoms with E-state index in [0.717, 1.165) is 16.3 Å². The Hall–Kier alpha value is -2.35. The Morgan fingerprint density at radius 2 is 1.75 bits per heavy atom. The fraction of sp³-hybridized carbons (Fsp3) is 0.158. The first-order valence-electron chi connectivity index (χ1n) is 8.64. The van der Waals surface area contributed by atoms with Crippen molar-refractivity contribution in [3.05, 3.63) is 70.3 Å². The molecule has 0 saturated carbocycles. The molecule has 142 valence electrons. The molecule has 2 aromatic carbocycles. The predicted octanol–water partition coefficient (Wildman–Crippen LogP) is 5.14. The van der Waals surface area contributed by atoms with Crippen molar-refractivity contribution in [3.8, 4) is 17.1 Å². The van der Waals surface area contributed by atoms with E-state index in [2.05, 4.69) is 32.6 Å². The minimum Gasteiger partial charge on any atom is -0.223 e. The summed E-state index contributed by atoms with van der Waals surface area (Å²) >= 11 is 14.5. The lowest BCUT2D eigenvalue weighted by Crippen LogP contribution is -2.01. The normalized spacial score (nSPS) is 11.1. The number of hydrogen-bond donors (Lipinski definition) is 0. The molecular formula is C19H16Cl2N6S. The Kier molecular flexibility index (Phi) is 5.66. The molecule has 0 radical (unpaired) electrons. The molecule has 2 aromatic heterocycles. The van der Waals surface area contributed by atoms with Gasteiger partial charge in [-0.05, 0) is 29.8 Å². The van der Waals surface area contributed by atoms with Crippen LogP contribution in [0.5, 0.6) is 0 Å². The summed E-state index contributed by atoms with van der Waals surface area (Å²) in [5.74, 6) is 1.27. The molecule has 0 aliphatic heterocycles. The van der Waals surface area contributed by atoms with Gasteiger partial charge >= 0.3 is 0 Å². The van der Waals surface area contributed by atoms with E-state index in [1.54, 1.807) is 39.6 Å². The quantitative estimate of drug-likeness (QED) is 0.396. The molecule has 28 heavy (non-hydrogen) atoms. The van der Waals surface area contributed by atoms with E-state index in [1.165, 1.54) is 5.56 Å². The molecule has 0 fully saturated rings. The first kappa shape index (κ1) is 19.0. The maximum absolute atomic E-state index is 6.43. The van der Waals surface area contributed by atoms with Gasteiger partial charge in [0.15, 0.2) is 0 Å². The summed E-state index contributed by atoms with van der Waals surface area (Å²) in [6.45, 7) is 2.60. The highest BCUT2D eigenvalue weighted by Gasteiger charge is 2.21. The summed E-state index contributed by atoms with van der Waals surface area (Å²) in [5, 5.41) is 19.1. The first-order chi connectivity index (χ1) is 13.7. The molecule has 0 saturated heterocycles. The molecule has 0 aliphatic rings. The molecule has 9 heteroatoms. The number of halogens is 2. The molecule has 4 rings (SSSR count). The van der Waals surface area contributed by atoms with Crippen molar-refractivity contribution in [1.29, 1.82) is 0 Å². The van der Waals surface area contributed by atoms with Crippen LogP contribution < -0.4 is 0 Å². The molecule has 2 heterocycles. The summed E-state index contributed by atoms with van der Waals surface area (Å²) in [6.07, 6.45) is 1.73. The van der Waals surface area contributed by atoms with Crippen LogP contribution >= 0.6 is 35.0 Å². The maximum Gasteiger partial charge on any atom is 0.209 e. The molecular weight excluding hydrogens is 415 g/mol. The van der Waals surface area contributed by atoms with Gasteiger partial charge < -0.3 is 0 Å². The number of hydrogen-bond acceptors (Lipinski definition) is 5. The monoisotopic (exact) mass is 430 g/mol. The van der Waals surface area contributed by atoms with Crippen LogP contribution in [0.2, 0.25) is 10.0 Å². The molecule has 4 aromatic rings. The van der Waals surface area contributed by atoms with E-state index in [9.17, 15) is 0 Å². The van der Waals surface area contributed by atoms with Gasteiger partial charge in [0.2, 0.25) is 5.82 Å². The van der Waals surface area contributed by atoms with Gasteiger partial charge in [-0.2, -0.15) is 9.90 Å². The van der Waals surface area contributed by atoms with E-state index in [0.29, 0.717) is 28.1 Å². The Balaban J connectivity index is 1.80. The van der Waals surface area contributed by atoms with Crippen LogP contribution in [0, 0.1) is 0 Å². The zero-order valence-corrected chi connectivity index (χ0v) is 17.3. The highest BCUT2D eigenvalue weighted by Crippen LogP contribution is 2.37. The standard InChI is InChI=1S/C19H16Cl2N6S/c1-2-26-24-18(23-25-26)14-11-22-27(17-15(20)9-6-10-16(17)21)19(14)28-12-13-7-4-3-5-8-13/h3-11H,2,12H2,1H3. The zero-order valence-electron chi connectivity index (χ0n) is 15.0. The summed E-state index contributed by atoms with van der Waals surface area (Å²) in [7, 11) is 0. The average molecular weight is 431 g/mol. The van der Waals surface area contributed by atoms with Gasteiger partial charge in [0, 0.05) is 5.75 Å². The summed E-state index contributed by atoms with van der Waals surface area (Å²) in [4.78, 5) is 1.54. The van der Waals surface area contributed by atoms with Crippen LogP contribution in [0.1, 0.15) is 12.5 Å². The first-order valence-corrected chi connectivity index (χ1v) is 10.4. The number of tetrazole rings is 1. The van der Waals surface area contributed by atoms with Crippen molar-refractivity contribution in [1.82, 2.24) is 30.0 Å². The average Bonchev–Trinajstić information content (AvgIpc) is 3.34. The summed E-state index contributed by atoms with van der Waals surface area (Å²) in [6, 6.07) is 15.6. The van der Waals surface area contributed by atoms with Crippen LogP contribution in [0.3, 0.4) is 0 Å². The number of nitrogens with zero attached hydrogens (tertiary/aromatic N) is 6. The van der Waals surface area contributed by atoms with Gasteiger partial charge in [-0.1, -0.05) is 59.6 Å². The van der Waals surface area contributed by atoms with Crippen molar-refractivity contribution in [2.75, 3.05) is 0 Å². The van der Waals surface area contributed by atoms with Crippen molar-refractivity contribution in [2.24, 2.45) is 0 Å². The van der Waals surface area contributed by atoms with Crippen LogP contribution in [0.4, 0.5) is 0 Å². The zero-order chi connectivity index (χ0) is 19.5. The Bertz CT molecular complexity index is 1070. The maximum atomic E-state index is 6.43. The van der Waals surface area contributed by atoms with Gasteiger partial charge in [-0.25, -0.2) is 4.68 Å². The second-order valence-corrected chi connectivity index (χ2v) is 7.70. The van der Waals surface area contributed by atoms with E-state index in [-0.39, 0.29) is 0 Å². The van der Waals surface area contributed by atoms with Gasteiger partial charge in [0.05, 0.1) is 28.4 Å². The summed E-state index contributed by atoms with van der Waals surface area (Å²) in [5.41, 5.74) is 2.62. The predicted molar refractivity (Wildman–Crippen MR) is 112 cm³/mol. The van der Waals surface area contributed by atoms with Crippen LogP contribution in [0.15, 0.2) is 59.8 Å². The third-order valence-electron chi connectivity index (χ3n) is 4.07. The second-order valence-electron chi connectivity index (χ2n) is 5.92. The van der Waals surface area contributed by atoms with Crippen LogP contribution in [-0.4, -0.2) is 30.0 Å². The third kappa shape index (κ3) is 3.78. The largest absolute Gasteiger partial charge is 0.223 e. The lowest BCUT2D eigenvalue weighted by atomic mass is 10.2. The number of benzene rings is 2. The number of rotatable bonds is 6. The number of aromatic nitrogens is 6. The van der Waals surface area contributed by atoms with Crippen LogP contribution in [0.25, 0.3) is 17.1 Å². The van der Waals surface area contributed by atoms with E-state index < -0.39 is 0 Å². The van der Waals surface area contributed by atoms with Gasteiger partial charge in [-0.15, -0.1) is 22.0 Å². The molecule has 0 aliphatic carbocycles. The highest BCUT2D eigenvalue weighted by atomic mass is 35.5. The van der Waals surface area contributed by atoms with Gasteiger partial charge in [0.1, 0.15) is 10.7 Å². The lowest BCUT2D eigenvalue weighted by Gasteiger charge is -2.11. The van der Waals surface area contributed by atoms with E-state index >= 15 is 0 Å². The number of thioether (sulfide) groups is 1. The SMILES string of the molecule is CCn1nnc(-c2cnn(-c3c(Cl)cccc3Cl)c2SCc2ccccc2)n1. The Labute approximate surface area is 176 Å².